The summed E-state index contributed by atoms with van der Waals surface area (Å²) in [7, 11) is 0. The van der Waals surface area contributed by atoms with E-state index in [1.54, 1.807) is 43.6 Å². The van der Waals surface area contributed by atoms with Crippen LogP contribution in [0.5, 0.6) is 0 Å². The molecule has 0 spiro atoms. The van der Waals surface area contributed by atoms with Gasteiger partial charge in [-0.25, -0.2) is 0 Å². The van der Waals surface area contributed by atoms with Gasteiger partial charge in [-0.2, -0.15) is 0 Å². The maximum absolute atomic E-state index is 12.5. The van der Waals surface area contributed by atoms with Crippen molar-refractivity contribution in [2.75, 3.05) is 0 Å². The summed E-state index contributed by atoms with van der Waals surface area (Å²) in [4.78, 5) is 30.1. The van der Waals surface area contributed by atoms with E-state index in [1.165, 1.54) is 11.2 Å². The van der Waals surface area contributed by atoms with E-state index in [2.05, 4.69) is 4.98 Å². The maximum Gasteiger partial charge on any atom is 0.290 e. The number of carbonyl (C=O) groups is 2. The minimum absolute atomic E-state index is 0.0986. The number of Topliss-reactive ketones (excluding diaryl/α,β-unsaturated/α-hetero) is 1. The highest BCUT2D eigenvalue weighted by Crippen LogP contribution is 2.39. The topological polar surface area (TPSA) is 83.6 Å². The number of furan rings is 1. The number of hydrogen-bond donors (Lipinski definition) is 1. The van der Waals surface area contributed by atoms with E-state index in [-0.39, 0.29) is 24.3 Å². The molecule has 0 aromatic carbocycles. The molecule has 0 radical (unpaired) electrons. The van der Waals surface area contributed by atoms with Crippen LogP contribution in [0, 0.1) is 0 Å². The first-order valence-corrected chi connectivity index (χ1v) is 7.33. The standard InChI is InChI=1S/C17H16N2O4/c1-2-12(20)14-15(13-4-3-9-23-13)19(17(22)16(14)21)10-11-5-7-18-8-6-11/h3-9,15,21H,2,10H2,1H3. The Labute approximate surface area is 133 Å². The first kappa shape index (κ1) is 15.0. The summed E-state index contributed by atoms with van der Waals surface area (Å²) in [6.45, 7) is 1.94. The van der Waals surface area contributed by atoms with Crippen LogP contribution in [0.25, 0.3) is 0 Å². The lowest BCUT2D eigenvalue weighted by Gasteiger charge is -2.24. The van der Waals surface area contributed by atoms with Crippen LogP contribution in [0.1, 0.15) is 30.7 Å². The third-order valence-corrected chi connectivity index (χ3v) is 3.84. The second-order valence-corrected chi connectivity index (χ2v) is 5.25. The van der Waals surface area contributed by atoms with Crippen molar-refractivity contribution in [3.05, 3.63) is 65.6 Å². The second-order valence-electron chi connectivity index (χ2n) is 5.25. The van der Waals surface area contributed by atoms with Crippen molar-refractivity contribution in [2.45, 2.75) is 25.9 Å². The molecule has 0 fully saturated rings. The molecule has 0 saturated heterocycles. The number of hydrogen-bond acceptors (Lipinski definition) is 5. The average Bonchev–Trinajstić information content (AvgIpc) is 3.18. The SMILES string of the molecule is CCC(=O)C1=C(O)C(=O)N(Cc2ccncc2)C1c1ccco1. The molecule has 3 rings (SSSR count). The number of carbonyl (C=O) groups excluding carboxylic acids is 2. The van der Waals surface area contributed by atoms with E-state index in [0.717, 1.165) is 5.56 Å². The van der Waals surface area contributed by atoms with Crippen molar-refractivity contribution in [3.8, 4) is 0 Å². The molecule has 1 N–H and O–H groups in total. The number of aliphatic hydroxyl groups is 1. The molecule has 1 atom stereocenters. The molecule has 1 unspecified atom stereocenters. The number of aliphatic hydroxyl groups excluding tert-OH is 1. The van der Waals surface area contributed by atoms with Crippen molar-refractivity contribution in [1.29, 1.82) is 0 Å². The molecule has 3 heterocycles. The van der Waals surface area contributed by atoms with Gasteiger partial charge in [0, 0.05) is 25.4 Å². The molecule has 1 aliphatic rings. The zero-order chi connectivity index (χ0) is 16.4. The van der Waals surface area contributed by atoms with Crippen LogP contribution < -0.4 is 0 Å². The van der Waals surface area contributed by atoms with Gasteiger partial charge in [-0.3, -0.25) is 14.6 Å². The van der Waals surface area contributed by atoms with Crippen molar-refractivity contribution >= 4 is 11.7 Å². The fourth-order valence-electron chi connectivity index (χ4n) is 2.72. The Morgan fingerprint density at radius 2 is 2.09 bits per heavy atom. The zero-order valence-electron chi connectivity index (χ0n) is 12.6. The highest BCUT2D eigenvalue weighted by atomic mass is 16.3. The van der Waals surface area contributed by atoms with Crippen LogP contribution in [-0.2, 0) is 16.1 Å². The Hall–Kier alpha value is -2.89. The third kappa shape index (κ3) is 2.63. The molecule has 2 aromatic rings. The minimum Gasteiger partial charge on any atom is -0.503 e. The number of pyridine rings is 1. The average molecular weight is 312 g/mol. The van der Waals surface area contributed by atoms with Crippen LogP contribution in [0.4, 0.5) is 0 Å². The van der Waals surface area contributed by atoms with Crippen molar-refractivity contribution in [1.82, 2.24) is 9.88 Å². The largest absolute Gasteiger partial charge is 0.503 e. The van der Waals surface area contributed by atoms with Gasteiger partial charge in [-0.15, -0.1) is 0 Å². The molecular weight excluding hydrogens is 296 g/mol. The molecule has 2 aromatic heterocycles. The minimum atomic E-state index is -0.710. The summed E-state index contributed by atoms with van der Waals surface area (Å²) >= 11 is 0. The maximum atomic E-state index is 12.5. The fraction of sp³-hybridized carbons (Fsp3) is 0.235. The Morgan fingerprint density at radius 3 is 2.70 bits per heavy atom. The molecule has 118 valence electrons. The van der Waals surface area contributed by atoms with E-state index in [9.17, 15) is 14.7 Å². The van der Waals surface area contributed by atoms with Gasteiger partial charge in [0.15, 0.2) is 11.5 Å². The summed E-state index contributed by atoms with van der Waals surface area (Å²) in [6, 6.07) is 6.23. The van der Waals surface area contributed by atoms with Crippen LogP contribution in [0.3, 0.4) is 0 Å². The lowest BCUT2D eigenvalue weighted by molar-refractivity contribution is -0.130. The quantitative estimate of drug-likeness (QED) is 0.917. The number of nitrogens with zero attached hydrogens (tertiary/aromatic N) is 2. The first-order chi connectivity index (χ1) is 11.1. The molecule has 0 bridgehead atoms. The zero-order valence-corrected chi connectivity index (χ0v) is 12.6. The monoisotopic (exact) mass is 312 g/mol. The summed E-state index contributed by atoms with van der Waals surface area (Å²) < 4.78 is 5.40. The van der Waals surface area contributed by atoms with Gasteiger partial charge in [-0.05, 0) is 29.8 Å². The first-order valence-electron chi connectivity index (χ1n) is 7.33. The normalized spacial score (nSPS) is 17.9. The summed E-state index contributed by atoms with van der Waals surface area (Å²) in [5.74, 6) is -0.880. The van der Waals surface area contributed by atoms with Gasteiger partial charge >= 0.3 is 0 Å². The third-order valence-electron chi connectivity index (χ3n) is 3.84. The molecule has 23 heavy (non-hydrogen) atoms. The predicted molar refractivity (Wildman–Crippen MR) is 81.2 cm³/mol. The number of aromatic nitrogens is 1. The molecule has 1 amide bonds. The van der Waals surface area contributed by atoms with Crippen LogP contribution in [0.2, 0.25) is 0 Å². The second kappa shape index (κ2) is 6.08. The van der Waals surface area contributed by atoms with Gasteiger partial charge in [0.1, 0.15) is 11.8 Å². The molecular formula is C17H16N2O4. The fourth-order valence-corrected chi connectivity index (χ4v) is 2.72. The summed E-state index contributed by atoms with van der Waals surface area (Å²) in [6.07, 6.45) is 4.94. The highest BCUT2D eigenvalue weighted by molar-refractivity contribution is 6.08. The van der Waals surface area contributed by atoms with Gasteiger partial charge in [-0.1, -0.05) is 6.92 Å². The van der Waals surface area contributed by atoms with Crippen LogP contribution >= 0.6 is 0 Å². The van der Waals surface area contributed by atoms with E-state index >= 15 is 0 Å². The van der Waals surface area contributed by atoms with E-state index < -0.39 is 17.7 Å². The molecule has 6 nitrogen and oxygen atoms in total. The Bertz CT molecular complexity index is 750. The van der Waals surface area contributed by atoms with Crippen molar-refractivity contribution in [2.24, 2.45) is 0 Å². The smallest absolute Gasteiger partial charge is 0.290 e. The van der Waals surface area contributed by atoms with Gasteiger partial charge in [0.25, 0.3) is 5.91 Å². The number of ketones is 1. The highest BCUT2D eigenvalue weighted by Gasteiger charge is 2.44. The summed E-state index contributed by atoms with van der Waals surface area (Å²) in [5, 5.41) is 10.2. The lowest BCUT2D eigenvalue weighted by Crippen LogP contribution is -2.30. The number of rotatable bonds is 5. The van der Waals surface area contributed by atoms with Gasteiger partial charge in [0.2, 0.25) is 0 Å². The molecule has 1 aliphatic heterocycles. The van der Waals surface area contributed by atoms with Gasteiger partial charge in [0.05, 0.1) is 11.8 Å². The summed E-state index contributed by atoms with van der Waals surface area (Å²) in [5.41, 5.74) is 0.949. The Kier molecular flexibility index (Phi) is 3.97. The number of amides is 1. The Balaban J connectivity index is 2.02. The van der Waals surface area contributed by atoms with Crippen LogP contribution in [0.15, 0.2) is 58.7 Å². The van der Waals surface area contributed by atoms with E-state index in [0.29, 0.717) is 5.76 Å². The predicted octanol–water partition coefficient (Wildman–Crippen LogP) is 2.55. The Morgan fingerprint density at radius 1 is 1.35 bits per heavy atom. The lowest BCUT2D eigenvalue weighted by atomic mass is 9.99. The molecule has 6 heteroatoms. The van der Waals surface area contributed by atoms with Gasteiger partial charge < -0.3 is 14.4 Å². The molecule has 0 aliphatic carbocycles. The van der Waals surface area contributed by atoms with Crippen LogP contribution in [-0.4, -0.2) is 26.7 Å². The van der Waals surface area contributed by atoms with E-state index in [1.807, 2.05) is 0 Å². The van der Waals surface area contributed by atoms with E-state index in [4.69, 9.17) is 4.42 Å². The van der Waals surface area contributed by atoms with Crippen molar-refractivity contribution in [3.63, 3.8) is 0 Å². The van der Waals surface area contributed by atoms with Crippen molar-refractivity contribution < 1.29 is 19.1 Å². The molecule has 0 saturated carbocycles.